The highest BCUT2D eigenvalue weighted by Crippen LogP contribution is 2.43. The fourth-order valence-electron chi connectivity index (χ4n) is 3.77. The highest BCUT2D eigenvalue weighted by molar-refractivity contribution is 8.76. The number of benzene rings is 2. The maximum absolute atomic E-state index is 4.58. The lowest BCUT2D eigenvalue weighted by molar-refractivity contribution is 0.572. The highest BCUT2D eigenvalue weighted by atomic mass is 33.1. The van der Waals surface area contributed by atoms with E-state index in [9.17, 15) is 0 Å². The minimum Gasteiger partial charge on any atom is -0.260 e. The third kappa shape index (κ3) is 5.08. The highest BCUT2D eigenvalue weighted by Gasteiger charge is 2.21. The van der Waals surface area contributed by atoms with Crippen LogP contribution >= 0.6 is 21.6 Å². The summed E-state index contributed by atoms with van der Waals surface area (Å²) in [4.78, 5) is 3.17. The lowest BCUT2D eigenvalue weighted by Gasteiger charge is -2.05. The van der Waals surface area contributed by atoms with Crippen LogP contribution in [-0.2, 0) is 27.2 Å². The van der Waals surface area contributed by atoms with Crippen LogP contribution in [0.3, 0.4) is 0 Å². The quantitative estimate of drug-likeness (QED) is 0.251. The molecule has 190 valence electrons. The third-order valence-corrected chi connectivity index (χ3v) is 8.25. The molecule has 0 bridgehead atoms. The summed E-state index contributed by atoms with van der Waals surface area (Å²) in [5.41, 5.74) is 3.82. The van der Waals surface area contributed by atoms with Crippen molar-refractivity contribution in [1.82, 2.24) is 60.0 Å². The molecule has 6 rings (SSSR count). The van der Waals surface area contributed by atoms with Gasteiger partial charge in [0, 0.05) is 14.1 Å². The van der Waals surface area contributed by atoms with E-state index in [0.717, 1.165) is 32.3 Å². The van der Waals surface area contributed by atoms with Gasteiger partial charge in [-0.15, -0.1) is 20.4 Å². The van der Waals surface area contributed by atoms with Crippen LogP contribution in [0.4, 0.5) is 0 Å². The molecule has 0 radical (unpaired) electrons. The van der Waals surface area contributed by atoms with E-state index in [1.54, 1.807) is 31.4 Å². The lowest BCUT2D eigenvalue weighted by atomic mass is 10.2. The standard InChI is InChI=1S/C24H22N12S2/c1-33-23(19(13-25-33)21-27-31-35(29-21)15-17-9-5-3-6-10-17)37-38-24-20(14-26-34(24)2)22-28-32-36(30-22)16-18-11-7-4-8-12-18/h3-14H,15-16H2,1-2H3. The number of hydrogen-bond donors (Lipinski definition) is 0. The van der Waals surface area contributed by atoms with Crippen molar-refractivity contribution in [1.29, 1.82) is 0 Å². The van der Waals surface area contributed by atoms with Crippen molar-refractivity contribution < 1.29 is 0 Å². The summed E-state index contributed by atoms with van der Waals surface area (Å²) in [5, 5.41) is 36.8. The summed E-state index contributed by atoms with van der Waals surface area (Å²) in [5.74, 6) is 1.04. The second-order valence-corrected chi connectivity index (χ2v) is 10.5. The van der Waals surface area contributed by atoms with E-state index in [1.807, 2.05) is 74.8 Å². The smallest absolute Gasteiger partial charge is 0.209 e. The van der Waals surface area contributed by atoms with Crippen molar-refractivity contribution in [3.8, 4) is 22.8 Å². The van der Waals surface area contributed by atoms with Crippen LogP contribution in [0.25, 0.3) is 22.8 Å². The molecule has 38 heavy (non-hydrogen) atoms. The van der Waals surface area contributed by atoms with E-state index >= 15 is 0 Å². The van der Waals surface area contributed by atoms with Crippen LogP contribution in [0, 0.1) is 0 Å². The fraction of sp³-hybridized carbons (Fsp3) is 0.167. The number of rotatable bonds is 9. The summed E-state index contributed by atoms with van der Waals surface area (Å²) in [6, 6.07) is 20.1. The molecule has 0 amide bonds. The Morgan fingerprint density at radius 3 is 1.45 bits per heavy atom. The number of aryl methyl sites for hydroxylation is 2. The maximum atomic E-state index is 4.58. The zero-order chi connectivity index (χ0) is 25.9. The SMILES string of the molecule is Cn1ncc(-c2nnn(Cc3ccccc3)n2)c1SSc1c(-c2nnn(Cc3ccccc3)n2)cnn1C. The molecule has 4 heterocycles. The summed E-state index contributed by atoms with van der Waals surface area (Å²) in [6.45, 7) is 1.09. The van der Waals surface area contributed by atoms with Gasteiger partial charge in [0.2, 0.25) is 11.6 Å². The molecule has 14 heteroatoms. The lowest BCUT2D eigenvalue weighted by Crippen LogP contribution is -2.03. The molecule has 0 saturated carbocycles. The molecular weight excluding hydrogens is 520 g/mol. The first-order valence-corrected chi connectivity index (χ1v) is 13.8. The molecule has 0 atom stereocenters. The van der Waals surface area contributed by atoms with Crippen LogP contribution in [-0.4, -0.2) is 60.0 Å². The molecule has 0 saturated heterocycles. The predicted molar refractivity (Wildman–Crippen MR) is 143 cm³/mol. The average Bonchev–Trinajstić information content (AvgIpc) is 3.73. The Hall–Kier alpha value is -4.30. The van der Waals surface area contributed by atoms with E-state index in [0.29, 0.717) is 24.7 Å². The van der Waals surface area contributed by atoms with Gasteiger partial charge in [0.25, 0.3) is 0 Å². The summed E-state index contributed by atoms with van der Waals surface area (Å²) < 4.78 is 3.60. The zero-order valence-corrected chi connectivity index (χ0v) is 22.2. The predicted octanol–water partition coefficient (Wildman–Crippen LogP) is 3.36. The van der Waals surface area contributed by atoms with Gasteiger partial charge < -0.3 is 0 Å². The van der Waals surface area contributed by atoms with Gasteiger partial charge in [-0.05, 0) is 43.1 Å². The van der Waals surface area contributed by atoms with E-state index in [2.05, 4.69) is 41.0 Å². The van der Waals surface area contributed by atoms with Gasteiger partial charge in [-0.25, -0.2) is 0 Å². The summed E-state index contributed by atoms with van der Waals surface area (Å²) in [7, 11) is 6.85. The molecule has 4 aromatic heterocycles. The number of aromatic nitrogens is 12. The van der Waals surface area contributed by atoms with E-state index in [1.165, 1.54) is 21.6 Å². The van der Waals surface area contributed by atoms with Crippen molar-refractivity contribution in [3.05, 3.63) is 84.2 Å². The molecule has 0 fully saturated rings. The minimum absolute atomic E-state index is 0.521. The molecule has 0 spiro atoms. The van der Waals surface area contributed by atoms with Crippen molar-refractivity contribution >= 4 is 21.6 Å². The molecule has 0 aliphatic carbocycles. The summed E-state index contributed by atoms with van der Waals surface area (Å²) in [6.07, 6.45) is 3.52. The Balaban J connectivity index is 1.20. The largest absolute Gasteiger partial charge is 0.260 e. The van der Waals surface area contributed by atoms with Crippen molar-refractivity contribution in [2.75, 3.05) is 0 Å². The molecule has 0 unspecified atom stereocenters. The number of nitrogens with zero attached hydrogens (tertiary/aromatic N) is 12. The van der Waals surface area contributed by atoms with Gasteiger partial charge in [-0.2, -0.15) is 19.8 Å². The molecule has 2 aromatic carbocycles. The zero-order valence-electron chi connectivity index (χ0n) is 20.5. The van der Waals surface area contributed by atoms with Crippen LogP contribution in [0.2, 0.25) is 0 Å². The van der Waals surface area contributed by atoms with Crippen molar-refractivity contribution in [3.63, 3.8) is 0 Å². The van der Waals surface area contributed by atoms with Crippen LogP contribution in [0.1, 0.15) is 11.1 Å². The molecule has 6 aromatic rings. The number of hydrogen-bond acceptors (Lipinski definition) is 10. The second kappa shape index (κ2) is 10.6. The van der Waals surface area contributed by atoms with Crippen LogP contribution in [0.15, 0.2) is 83.1 Å². The fourth-order valence-corrected chi connectivity index (χ4v) is 6.36. The van der Waals surface area contributed by atoms with Crippen molar-refractivity contribution in [2.45, 2.75) is 23.1 Å². The summed E-state index contributed by atoms with van der Waals surface area (Å²) >= 11 is 0. The second-order valence-electron chi connectivity index (χ2n) is 8.40. The minimum atomic E-state index is 0.521. The van der Waals surface area contributed by atoms with Gasteiger partial charge in [0.05, 0.1) is 36.6 Å². The number of tetrazole rings is 2. The first-order valence-electron chi connectivity index (χ1n) is 11.7. The van der Waals surface area contributed by atoms with E-state index in [4.69, 9.17) is 0 Å². The van der Waals surface area contributed by atoms with E-state index < -0.39 is 0 Å². The first kappa shape index (κ1) is 24.1. The van der Waals surface area contributed by atoms with Gasteiger partial charge in [-0.1, -0.05) is 60.7 Å². The normalized spacial score (nSPS) is 11.3. The Kier molecular flexibility index (Phi) is 6.71. The van der Waals surface area contributed by atoms with Crippen LogP contribution < -0.4 is 0 Å². The van der Waals surface area contributed by atoms with Crippen LogP contribution in [0.5, 0.6) is 0 Å². The maximum Gasteiger partial charge on any atom is 0.209 e. The molecule has 0 N–H and O–H groups in total. The topological polar surface area (TPSA) is 123 Å². The average molecular weight is 543 g/mol. The van der Waals surface area contributed by atoms with Crippen molar-refractivity contribution in [2.24, 2.45) is 14.1 Å². The van der Waals surface area contributed by atoms with Gasteiger partial charge >= 0.3 is 0 Å². The Morgan fingerprint density at radius 1 is 0.605 bits per heavy atom. The molecular formula is C24H22N12S2. The van der Waals surface area contributed by atoms with Gasteiger partial charge in [-0.3, -0.25) is 9.36 Å². The Morgan fingerprint density at radius 2 is 1.03 bits per heavy atom. The molecule has 12 nitrogen and oxygen atoms in total. The monoisotopic (exact) mass is 542 g/mol. The Bertz CT molecular complexity index is 1530. The van der Waals surface area contributed by atoms with Gasteiger partial charge in [0.15, 0.2) is 0 Å². The first-order chi connectivity index (χ1) is 18.6. The van der Waals surface area contributed by atoms with Gasteiger partial charge in [0.1, 0.15) is 10.1 Å². The Labute approximate surface area is 225 Å². The van der Waals surface area contributed by atoms with E-state index in [-0.39, 0.29) is 0 Å². The molecule has 0 aliphatic heterocycles. The molecule has 0 aliphatic rings. The third-order valence-electron chi connectivity index (χ3n) is 5.69.